The van der Waals surface area contributed by atoms with Crippen molar-refractivity contribution in [1.29, 1.82) is 0 Å². The van der Waals surface area contributed by atoms with Gasteiger partial charge >= 0.3 is 0 Å². The van der Waals surface area contributed by atoms with Crippen molar-refractivity contribution in [3.05, 3.63) is 38.4 Å². The van der Waals surface area contributed by atoms with Gasteiger partial charge < -0.3 is 4.90 Å². The molecule has 1 heterocycles. The number of benzene rings is 1. The third-order valence-corrected chi connectivity index (χ3v) is 2.50. The first-order valence-electron chi connectivity index (χ1n) is 4.69. The second kappa shape index (κ2) is 3.44. The molecule has 1 aromatic carbocycles. The highest BCUT2D eigenvalue weighted by Gasteiger charge is 2.31. The number of anilines is 1. The molecule has 0 radical (unpaired) electrons. The second-order valence-corrected chi connectivity index (χ2v) is 3.72. The van der Waals surface area contributed by atoms with Crippen molar-refractivity contribution in [1.82, 2.24) is 0 Å². The molecule has 1 unspecified atom stereocenters. The molecule has 0 spiro atoms. The van der Waals surface area contributed by atoms with E-state index in [1.807, 2.05) is 11.8 Å². The summed E-state index contributed by atoms with van der Waals surface area (Å²) in [5.41, 5.74) is 0.0417. The highest BCUT2D eigenvalue weighted by molar-refractivity contribution is 5.63. The van der Waals surface area contributed by atoms with Crippen LogP contribution in [-0.2, 0) is 0 Å². The van der Waals surface area contributed by atoms with Crippen LogP contribution in [0.3, 0.4) is 0 Å². The maximum absolute atomic E-state index is 10.6. The Morgan fingerprint density at radius 1 is 1.19 bits per heavy atom. The summed E-state index contributed by atoms with van der Waals surface area (Å²) in [5, 5.41) is 21.2. The van der Waals surface area contributed by atoms with Gasteiger partial charge in [0.2, 0.25) is 0 Å². The van der Waals surface area contributed by atoms with Crippen molar-refractivity contribution < 1.29 is 9.85 Å². The minimum atomic E-state index is -0.620. The smallest absolute Gasteiger partial charge is 0.278 e. The molecule has 1 fully saturated rings. The molecule has 84 valence electrons. The number of non-ortho nitro benzene ring substituents is 2. The summed E-state index contributed by atoms with van der Waals surface area (Å²) in [5.74, 6) is 0. The molecule has 7 nitrogen and oxygen atoms in total. The highest BCUT2D eigenvalue weighted by atomic mass is 16.6. The summed E-state index contributed by atoms with van der Waals surface area (Å²) < 4.78 is 0. The Morgan fingerprint density at radius 2 is 1.62 bits per heavy atom. The van der Waals surface area contributed by atoms with Crippen LogP contribution in [0, 0.1) is 20.2 Å². The Morgan fingerprint density at radius 3 is 1.94 bits per heavy atom. The zero-order chi connectivity index (χ0) is 11.9. The predicted molar refractivity (Wildman–Crippen MR) is 56.6 cm³/mol. The van der Waals surface area contributed by atoms with Crippen LogP contribution < -0.4 is 4.90 Å². The van der Waals surface area contributed by atoms with Crippen LogP contribution in [0.2, 0.25) is 0 Å². The lowest BCUT2D eigenvalue weighted by atomic mass is 10.2. The zero-order valence-electron chi connectivity index (χ0n) is 8.49. The standard InChI is InChI=1S/C9H9N3O4/c1-6-5-10(6)7-2-8(11(13)14)4-9(3-7)12(15)16/h2-4,6H,5H2,1H3. The van der Waals surface area contributed by atoms with Gasteiger partial charge in [0.25, 0.3) is 11.4 Å². The number of rotatable bonds is 3. The van der Waals surface area contributed by atoms with Gasteiger partial charge in [-0.1, -0.05) is 0 Å². The van der Waals surface area contributed by atoms with Gasteiger partial charge in [-0.05, 0) is 6.92 Å². The largest absolute Gasteiger partial charge is 0.365 e. The molecule has 1 atom stereocenters. The van der Waals surface area contributed by atoms with Crippen LogP contribution in [0.25, 0.3) is 0 Å². The van der Waals surface area contributed by atoms with Gasteiger partial charge in [0.15, 0.2) is 0 Å². The predicted octanol–water partition coefficient (Wildman–Crippen LogP) is 1.71. The molecule has 1 aromatic rings. The van der Waals surface area contributed by atoms with Crippen molar-refractivity contribution in [3.63, 3.8) is 0 Å². The van der Waals surface area contributed by atoms with Crippen LogP contribution in [0.15, 0.2) is 18.2 Å². The van der Waals surface area contributed by atoms with Gasteiger partial charge in [-0.2, -0.15) is 0 Å². The lowest BCUT2D eigenvalue weighted by Crippen LogP contribution is -1.99. The number of nitrogens with zero attached hydrogens (tertiary/aromatic N) is 3. The van der Waals surface area contributed by atoms with E-state index in [0.717, 1.165) is 12.6 Å². The maximum atomic E-state index is 10.6. The summed E-state index contributed by atoms with van der Waals surface area (Å²) in [7, 11) is 0. The van der Waals surface area contributed by atoms with E-state index in [2.05, 4.69) is 0 Å². The fraction of sp³-hybridized carbons (Fsp3) is 0.333. The highest BCUT2D eigenvalue weighted by Crippen LogP contribution is 2.33. The minimum absolute atomic E-state index is 0.247. The first-order chi connectivity index (χ1) is 7.49. The number of nitro groups is 2. The number of nitro benzene ring substituents is 2. The molecule has 1 aliphatic rings. The Balaban J connectivity index is 2.45. The van der Waals surface area contributed by atoms with E-state index in [1.165, 1.54) is 12.1 Å². The fourth-order valence-electron chi connectivity index (χ4n) is 1.55. The molecular formula is C9H9N3O4. The van der Waals surface area contributed by atoms with Crippen LogP contribution in [0.1, 0.15) is 6.92 Å². The molecule has 16 heavy (non-hydrogen) atoms. The van der Waals surface area contributed by atoms with Crippen LogP contribution in [0.5, 0.6) is 0 Å². The lowest BCUT2D eigenvalue weighted by molar-refractivity contribution is -0.394. The average Bonchev–Trinajstić information content (AvgIpc) is 2.94. The second-order valence-electron chi connectivity index (χ2n) is 3.72. The lowest BCUT2D eigenvalue weighted by Gasteiger charge is -2.03. The molecule has 0 saturated carbocycles. The Hall–Kier alpha value is -2.18. The molecule has 0 aromatic heterocycles. The molecular weight excluding hydrogens is 214 g/mol. The molecule has 1 aliphatic heterocycles. The molecule has 1 saturated heterocycles. The van der Waals surface area contributed by atoms with Crippen molar-refractivity contribution in [2.45, 2.75) is 13.0 Å². The monoisotopic (exact) mass is 223 g/mol. The normalized spacial score (nSPS) is 18.3. The molecule has 0 N–H and O–H groups in total. The number of hydrogen-bond acceptors (Lipinski definition) is 5. The van der Waals surface area contributed by atoms with E-state index >= 15 is 0 Å². The summed E-state index contributed by atoms with van der Waals surface area (Å²) in [6.07, 6.45) is 0. The topological polar surface area (TPSA) is 89.3 Å². The van der Waals surface area contributed by atoms with Crippen molar-refractivity contribution in [2.75, 3.05) is 11.4 Å². The van der Waals surface area contributed by atoms with Gasteiger partial charge in [0.05, 0.1) is 21.6 Å². The fourth-order valence-corrected chi connectivity index (χ4v) is 1.55. The number of hydrogen-bond donors (Lipinski definition) is 0. The van der Waals surface area contributed by atoms with Crippen LogP contribution >= 0.6 is 0 Å². The quantitative estimate of drug-likeness (QED) is 0.442. The van der Waals surface area contributed by atoms with Gasteiger partial charge in [-0.15, -0.1) is 0 Å². The molecule has 0 amide bonds. The van der Waals surface area contributed by atoms with Crippen molar-refractivity contribution in [3.8, 4) is 0 Å². The Kier molecular flexibility index (Phi) is 2.22. The van der Waals surface area contributed by atoms with E-state index < -0.39 is 9.85 Å². The van der Waals surface area contributed by atoms with Gasteiger partial charge in [-0.3, -0.25) is 20.2 Å². The van der Waals surface area contributed by atoms with E-state index in [9.17, 15) is 20.2 Å². The third kappa shape index (κ3) is 1.79. The summed E-state index contributed by atoms with van der Waals surface area (Å²) in [6.45, 7) is 2.73. The zero-order valence-corrected chi connectivity index (χ0v) is 8.49. The van der Waals surface area contributed by atoms with E-state index in [1.54, 1.807) is 0 Å². The molecule has 0 aliphatic carbocycles. The Bertz CT molecular complexity index is 442. The summed E-state index contributed by atoms with van der Waals surface area (Å²) in [4.78, 5) is 21.9. The minimum Gasteiger partial charge on any atom is -0.365 e. The third-order valence-electron chi connectivity index (χ3n) is 2.50. The van der Waals surface area contributed by atoms with Gasteiger partial charge in [0.1, 0.15) is 0 Å². The Labute approximate surface area is 90.6 Å². The van der Waals surface area contributed by atoms with Crippen molar-refractivity contribution >= 4 is 17.1 Å². The van der Waals surface area contributed by atoms with E-state index in [4.69, 9.17) is 0 Å². The average molecular weight is 223 g/mol. The summed E-state index contributed by atoms with van der Waals surface area (Å²) >= 11 is 0. The first-order valence-corrected chi connectivity index (χ1v) is 4.69. The SMILES string of the molecule is CC1CN1c1cc([N+](=O)[O-])cc([N+](=O)[O-])c1. The molecule has 2 rings (SSSR count). The molecule has 0 bridgehead atoms. The first kappa shape index (κ1) is 10.3. The van der Waals surface area contributed by atoms with Crippen molar-refractivity contribution in [2.24, 2.45) is 0 Å². The van der Waals surface area contributed by atoms with Crippen LogP contribution in [-0.4, -0.2) is 22.4 Å². The molecule has 7 heteroatoms. The van der Waals surface area contributed by atoms with Gasteiger partial charge in [-0.25, -0.2) is 0 Å². The summed E-state index contributed by atoms with van der Waals surface area (Å²) in [6, 6.07) is 3.98. The maximum Gasteiger partial charge on any atom is 0.278 e. The van der Waals surface area contributed by atoms with E-state index in [-0.39, 0.29) is 11.4 Å². The van der Waals surface area contributed by atoms with Gasteiger partial charge in [0, 0.05) is 24.7 Å². The van der Waals surface area contributed by atoms with E-state index in [0.29, 0.717) is 11.7 Å². The van der Waals surface area contributed by atoms with Crippen LogP contribution in [0.4, 0.5) is 17.1 Å².